The summed E-state index contributed by atoms with van der Waals surface area (Å²) >= 11 is 0. The lowest BCUT2D eigenvalue weighted by molar-refractivity contribution is 0.463. The lowest BCUT2D eigenvalue weighted by Crippen LogP contribution is -2.37. The van der Waals surface area contributed by atoms with Crippen molar-refractivity contribution >= 4 is 16.9 Å². The van der Waals surface area contributed by atoms with Gasteiger partial charge >= 0.3 is 0 Å². The molecule has 0 aliphatic carbocycles. The van der Waals surface area contributed by atoms with Crippen LogP contribution in [-0.2, 0) is 13.0 Å². The minimum absolute atomic E-state index is 0.525. The molecule has 0 spiro atoms. The first kappa shape index (κ1) is 17.1. The van der Waals surface area contributed by atoms with Crippen molar-refractivity contribution in [2.45, 2.75) is 33.2 Å². The van der Waals surface area contributed by atoms with Crippen molar-refractivity contribution in [2.24, 2.45) is 4.99 Å². The summed E-state index contributed by atoms with van der Waals surface area (Å²) in [7, 11) is 1.76. The van der Waals surface area contributed by atoms with Gasteiger partial charge in [-0.2, -0.15) is 0 Å². The smallest absolute Gasteiger partial charge is 0.214 e. The van der Waals surface area contributed by atoms with Crippen LogP contribution >= 0.6 is 0 Å². The Morgan fingerprint density at radius 1 is 1.24 bits per heavy atom. The zero-order valence-corrected chi connectivity index (χ0v) is 15.0. The van der Waals surface area contributed by atoms with E-state index >= 15 is 0 Å². The Morgan fingerprint density at radius 3 is 2.84 bits per heavy atom. The average Bonchev–Trinajstić information content (AvgIpc) is 3.18. The van der Waals surface area contributed by atoms with Gasteiger partial charge in [-0.25, -0.2) is 4.98 Å². The number of nitrogens with one attached hydrogen (secondary N) is 3. The number of fused-ring (bicyclic) bond motifs is 1. The third-order valence-electron chi connectivity index (χ3n) is 4.29. The molecular weight excluding hydrogens is 314 g/mol. The van der Waals surface area contributed by atoms with Crippen molar-refractivity contribution in [3.63, 3.8) is 0 Å². The standard InChI is InChI=1S/C19H25N5O/c1-13-14(2)25-18(24-13)12-23-19(20-3)21-10-6-7-15-11-22-17-9-5-4-8-16(15)17/h4-5,8-9,11,22H,6-7,10,12H2,1-3H3,(H2,20,21,23). The van der Waals surface area contributed by atoms with Gasteiger partial charge < -0.3 is 20.0 Å². The summed E-state index contributed by atoms with van der Waals surface area (Å²) in [6.07, 6.45) is 4.15. The van der Waals surface area contributed by atoms with Crippen LogP contribution in [0.15, 0.2) is 39.9 Å². The summed E-state index contributed by atoms with van der Waals surface area (Å²) in [6.45, 7) is 5.24. The van der Waals surface area contributed by atoms with Gasteiger partial charge in [-0.05, 0) is 38.3 Å². The van der Waals surface area contributed by atoms with Crippen molar-refractivity contribution in [3.8, 4) is 0 Å². The number of benzene rings is 1. The molecule has 0 atom stereocenters. The summed E-state index contributed by atoms with van der Waals surface area (Å²) in [6, 6.07) is 8.40. The topological polar surface area (TPSA) is 78.2 Å². The Kier molecular flexibility index (Phi) is 5.38. The Morgan fingerprint density at radius 2 is 2.08 bits per heavy atom. The normalized spacial score (nSPS) is 11.9. The lowest BCUT2D eigenvalue weighted by atomic mass is 10.1. The molecule has 0 radical (unpaired) electrons. The summed E-state index contributed by atoms with van der Waals surface area (Å²) in [4.78, 5) is 11.9. The van der Waals surface area contributed by atoms with Crippen molar-refractivity contribution in [2.75, 3.05) is 13.6 Å². The first-order valence-corrected chi connectivity index (χ1v) is 8.60. The fraction of sp³-hybridized carbons (Fsp3) is 0.368. The number of H-pyrrole nitrogens is 1. The van der Waals surface area contributed by atoms with Gasteiger partial charge in [0.1, 0.15) is 5.76 Å². The number of aromatic nitrogens is 2. The second kappa shape index (κ2) is 7.88. The third kappa shape index (κ3) is 4.21. The van der Waals surface area contributed by atoms with Crippen LogP contribution in [0.1, 0.15) is 29.3 Å². The maximum absolute atomic E-state index is 5.56. The van der Waals surface area contributed by atoms with E-state index in [0.29, 0.717) is 12.4 Å². The maximum Gasteiger partial charge on any atom is 0.214 e. The monoisotopic (exact) mass is 339 g/mol. The lowest BCUT2D eigenvalue weighted by Gasteiger charge is -2.10. The van der Waals surface area contributed by atoms with Gasteiger partial charge in [-0.1, -0.05) is 18.2 Å². The van der Waals surface area contributed by atoms with Crippen LogP contribution in [0.4, 0.5) is 0 Å². The highest BCUT2D eigenvalue weighted by Gasteiger charge is 2.06. The molecule has 0 aliphatic rings. The van der Waals surface area contributed by atoms with Crippen LogP contribution in [0.3, 0.4) is 0 Å². The fourth-order valence-corrected chi connectivity index (χ4v) is 2.82. The van der Waals surface area contributed by atoms with E-state index in [4.69, 9.17) is 4.42 Å². The van der Waals surface area contributed by atoms with Gasteiger partial charge in [0.25, 0.3) is 0 Å². The van der Waals surface area contributed by atoms with E-state index < -0.39 is 0 Å². The average molecular weight is 339 g/mol. The highest BCUT2D eigenvalue weighted by Crippen LogP contribution is 2.18. The van der Waals surface area contributed by atoms with Gasteiger partial charge in [0.15, 0.2) is 5.96 Å². The predicted molar refractivity (Wildman–Crippen MR) is 101 cm³/mol. The Bertz CT molecular complexity index is 842. The van der Waals surface area contributed by atoms with Gasteiger partial charge in [0.2, 0.25) is 5.89 Å². The molecule has 0 amide bonds. The number of nitrogens with zero attached hydrogens (tertiary/aromatic N) is 2. The largest absolute Gasteiger partial charge is 0.444 e. The van der Waals surface area contributed by atoms with Crippen molar-refractivity contribution in [1.29, 1.82) is 0 Å². The quantitative estimate of drug-likeness (QED) is 0.366. The number of aromatic amines is 1. The number of oxazole rings is 1. The number of aryl methyl sites for hydroxylation is 3. The molecule has 0 fully saturated rings. The molecule has 2 aromatic heterocycles. The van der Waals surface area contributed by atoms with Crippen molar-refractivity contribution in [3.05, 3.63) is 53.4 Å². The number of hydrogen-bond donors (Lipinski definition) is 3. The zero-order valence-electron chi connectivity index (χ0n) is 15.0. The molecule has 0 saturated heterocycles. The van der Waals surface area contributed by atoms with E-state index in [1.165, 1.54) is 16.5 Å². The van der Waals surface area contributed by atoms with Crippen LogP contribution in [-0.4, -0.2) is 29.5 Å². The van der Waals surface area contributed by atoms with E-state index in [1.807, 2.05) is 13.8 Å². The third-order valence-corrected chi connectivity index (χ3v) is 4.29. The molecule has 0 bridgehead atoms. The van der Waals surface area contributed by atoms with Gasteiger partial charge in [0, 0.05) is 30.7 Å². The second-order valence-corrected chi connectivity index (χ2v) is 6.06. The fourth-order valence-electron chi connectivity index (χ4n) is 2.82. The molecule has 132 valence electrons. The highest BCUT2D eigenvalue weighted by molar-refractivity contribution is 5.83. The summed E-state index contributed by atoms with van der Waals surface area (Å²) in [5, 5.41) is 7.86. The maximum atomic E-state index is 5.56. The number of aliphatic imine (C=N–C) groups is 1. The number of rotatable bonds is 6. The molecule has 0 aliphatic heterocycles. The number of guanidine groups is 1. The van der Waals surface area contributed by atoms with E-state index in [2.05, 4.69) is 56.1 Å². The highest BCUT2D eigenvalue weighted by atomic mass is 16.4. The van der Waals surface area contributed by atoms with Crippen LogP contribution in [0, 0.1) is 13.8 Å². The molecule has 3 aromatic rings. The molecular formula is C19H25N5O. The molecule has 2 heterocycles. The second-order valence-electron chi connectivity index (χ2n) is 6.06. The Balaban J connectivity index is 1.44. The first-order chi connectivity index (χ1) is 12.2. The minimum Gasteiger partial charge on any atom is -0.444 e. The minimum atomic E-state index is 0.525. The van der Waals surface area contributed by atoms with Gasteiger partial charge in [-0.15, -0.1) is 0 Å². The van der Waals surface area contributed by atoms with E-state index in [1.54, 1.807) is 7.05 Å². The molecule has 3 N–H and O–H groups in total. The van der Waals surface area contributed by atoms with Crippen LogP contribution in [0.2, 0.25) is 0 Å². The molecule has 25 heavy (non-hydrogen) atoms. The Labute approximate surface area is 147 Å². The predicted octanol–water partition coefficient (Wildman–Crippen LogP) is 3.07. The van der Waals surface area contributed by atoms with E-state index in [9.17, 15) is 0 Å². The van der Waals surface area contributed by atoms with Crippen LogP contribution < -0.4 is 10.6 Å². The Hall–Kier alpha value is -2.76. The first-order valence-electron chi connectivity index (χ1n) is 8.60. The van der Waals surface area contributed by atoms with Crippen LogP contribution in [0.25, 0.3) is 10.9 Å². The van der Waals surface area contributed by atoms with Gasteiger partial charge in [-0.3, -0.25) is 4.99 Å². The summed E-state index contributed by atoms with van der Waals surface area (Å²) < 4.78 is 5.56. The molecule has 0 saturated carbocycles. The summed E-state index contributed by atoms with van der Waals surface area (Å²) in [5.41, 5.74) is 3.48. The zero-order chi connectivity index (χ0) is 17.6. The molecule has 1 aromatic carbocycles. The molecule has 0 unspecified atom stereocenters. The number of para-hydroxylation sites is 1. The van der Waals surface area contributed by atoms with E-state index in [-0.39, 0.29) is 0 Å². The molecule has 6 heteroatoms. The molecule has 6 nitrogen and oxygen atoms in total. The molecule has 3 rings (SSSR count). The van der Waals surface area contributed by atoms with Crippen molar-refractivity contribution < 1.29 is 4.42 Å². The van der Waals surface area contributed by atoms with Crippen LogP contribution in [0.5, 0.6) is 0 Å². The van der Waals surface area contributed by atoms with Gasteiger partial charge in [0.05, 0.1) is 12.2 Å². The van der Waals surface area contributed by atoms with E-state index in [0.717, 1.165) is 36.8 Å². The number of hydrogen-bond acceptors (Lipinski definition) is 3. The van der Waals surface area contributed by atoms with Crippen molar-refractivity contribution in [1.82, 2.24) is 20.6 Å². The summed E-state index contributed by atoms with van der Waals surface area (Å²) in [5.74, 6) is 2.29. The SMILES string of the molecule is CN=C(NCCCc1c[nH]c2ccccc12)NCc1nc(C)c(C)o1.